The fourth-order valence-electron chi connectivity index (χ4n) is 5.43. The molecule has 36 heavy (non-hydrogen) atoms. The molecule has 5 rings (SSSR count). The molecule has 7 N–H and O–H groups in total. The number of aliphatic hydroxyl groups is 4. The van der Waals surface area contributed by atoms with Crippen molar-refractivity contribution in [1.29, 1.82) is 0 Å². The molecule has 9 nitrogen and oxygen atoms in total. The average molecular weight is 493 g/mol. The van der Waals surface area contributed by atoms with Gasteiger partial charge in [-0.25, -0.2) is 4.39 Å². The molecule has 4 atom stereocenters. The highest BCUT2D eigenvalue weighted by Crippen LogP contribution is 2.55. The van der Waals surface area contributed by atoms with Gasteiger partial charge >= 0.3 is 0 Å². The number of carbonyl (C=O) groups excluding carboxylic acids is 3. The third-order valence-electron chi connectivity index (χ3n) is 7.09. The second-order valence-electron chi connectivity index (χ2n) is 9.00. The Labute approximate surface area is 202 Å². The Hall–Kier alpha value is -4.28. The van der Waals surface area contributed by atoms with Crippen molar-refractivity contribution in [2.75, 3.05) is 0 Å². The number of rotatable bonds is 2. The van der Waals surface area contributed by atoms with Crippen LogP contribution in [0.25, 0.3) is 17.4 Å². The zero-order valence-electron chi connectivity index (χ0n) is 18.5. The first kappa shape index (κ1) is 23.5. The molecular formula is C26H20FNO8. The number of primary amides is 1. The molecule has 2 aromatic rings. The molecule has 184 valence electrons. The minimum absolute atomic E-state index is 0.162. The SMILES string of the molecule is NC(=O)C1=C(O)[C@@]2(O)C(=O)C3=C(O)c4c(O)cccc4/C(=C\c4ccc(F)cc4)[C@H]3[C@H](O)[C@H]2CC1=O. The standard InChI is InChI=1S/C26H20FNO8/c27-11-6-4-10(5-7-11)8-13-12-2-1-3-15(29)17(12)22(32)20-18(13)21(31)14-9-16(30)19(25(28)35)23(33)26(14,36)24(20)34/h1-8,14,18,21,29,31-33,36H,9H2,(H2,28,35)/b13-8+/t14-,18-,21-,26-/m1/s1. The molecule has 0 heterocycles. The van der Waals surface area contributed by atoms with Gasteiger partial charge in [0.25, 0.3) is 5.91 Å². The van der Waals surface area contributed by atoms with Crippen molar-refractivity contribution in [2.24, 2.45) is 17.6 Å². The predicted octanol–water partition coefficient (Wildman–Crippen LogP) is 1.53. The number of halogens is 1. The van der Waals surface area contributed by atoms with Gasteiger partial charge in [-0.2, -0.15) is 0 Å². The topological polar surface area (TPSA) is 178 Å². The van der Waals surface area contributed by atoms with Crippen LogP contribution >= 0.6 is 0 Å². The molecule has 2 aromatic carbocycles. The Balaban J connectivity index is 1.81. The van der Waals surface area contributed by atoms with Crippen LogP contribution in [0.2, 0.25) is 0 Å². The van der Waals surface area contributed by atoms with E-state index in [-0.39, 0.29) is 16.7 Å². The number of benzene rings is 2. The van der Waals surface area contributed by atoms with Crippen molar-refractivity contribution in [2.45, 2.75) is 18.1 Å². The largest absolute Gasteiger partial charge is 0.508 e. The summed E-state index contributed by atoms with van der Waals surface area (Å²) in [5, 5.41) is 55.1. The van der Waals surface area contributed by atoms with E-state index >= 15 is 0 Å². The Morgan fingerprint density at radius 2 is 1.75 bits per heavy atom. The van der Waals surface area contributed by atoms with Crippen LogP contribution in [-0.4, -0.2) is 54.7 Å². The minimum Gasteiger partial charge on any atom is -0.508 e. The maximum atomic E-state index is 13.7. The quantitative estimate of drug-likeness (QED) is 0.341. The molecule has 0 saturated heterocycles. The zero-order chi connectivity index (χ0) is 26.1. The van der Waals surface area contributed by atoms with Crippen LogP contribution in [0.15, 0.2) is 59.4 Å². The van der Waals surface area contributed by atoms with E-state index in [4.69, 9.17) is 5.73 Å². The summed E-state index contributed by atoms with van der Waals surface area (Å²) in [7, 11) is 0. The number of carbonyl (C=O) groups is 3. The summed E-state index contributed by atoms with van der Waals surface area (Å²) in [6, 6.07) is 9.54. The third-order valence-corrected chi connectivity index (χ3v) is 7.09. The van der Waals surface area contributed by atoms with Crippen LogP contribution in [0, 0.1) is 17.7 Å². The van der Waals surface area contributed by atoms with Gasteiger partial charge in [0.1, 0.15) is 28.7 Å². The summed E-state index contributed by atoms with van der Waals surface area (Å²) < 4.78 is 13.5. The normalized spacial score (nSPS) is 28.6. The van der Waals surface area contributed by atoms with Gasteiger partial charge in [-0.05, 0) is 34.9 Å². The molecule has 3 aliphatic carbocycles. The highest BCUT2D eigenvalue weighted by atomic mass is 19.1. The van der Waals surface area contributed by atoms with Crippen molar-refractivity contribution >= 4 is 34.9 Å². The number of phenolic OH excluding ortho intramolecular Hbond substituents is 1. The summed E-state index contributed by atoms with van der Waals surface area (Å²) in [6.07, 6.45) is -0.884. The molecule has 1 fully saturated rings. The van der Waals surface area contributed by atoms with Gasteiger partial charge in [-0.15, -0.1) is 0 Å². The van der Waals surface area contributed by atoms with Crippen LogP contribution in [0.4, 0.5) is 4.39 Å². The maximum absolute atomic E-state index is 13.7. The number of aliphatic hydroxyl groups excluding tert-OH is 3. The highest BCUT2D eigenvalue weighted by molar-refractivity contribution is 6.23. The van der Waals surface area contributed by atoms with Crippen molar-refractivity contribution < 1.29 is 44.3 Å². The van der Waals surface area contributed by atoms with Gasteiger partial charge in [0.05, 0.1) is 17.2 Å². The first-order valence-corrected chi connectivity index (χ1v) is 10.9. The van der Waals surface area contributed by atoms with Crippen LogP contribution in [-0.2, 0) is 14.4 Å². The van der Waals surface area contributed by atoms with Gasteiger partial charge < -0.3 is 31.3 Å². The smallest absolute Gasteiger partial charge is 0.255 e. The molecule has 3 aliphatic rings. The van der Waals surface area contributed by atoms with E-state index in [1.54, 1.807) is 0 Å². The van der Waals surface area contributed by atoms with Crippen molar-refractivity contribution in [3.8, 4) is 5.75 Å². The van der Waals surface area contributed by atoms with Crippen molar-refractivity contribution in [1.82, 2.24) is 0 Å². The lowest BCUT2D eigenvalue weighted by molar-refractivity contribution is -0.157. The van der Waals surface area contributed by atoms with Crippen LogP contribution < -0.4 is 5.73 Å². The lowest BCUT2D eigenvalue weighted by Gasteiger charge is -2.49. The lowest BCUT2D eigenvalue weighted by Crippen LogP contribution is -2.63. The number of hydrogen-bond acceptors (Lipinski definition) is 8. The van der Waals surface area contributed by atoms with E-state index in [0.29, 0.717) is 5.56 Å². The van der Waals surface area contributed by atoms with E-state index in [1.165, 1.54) is 48.5 Å². The number of phenols is 1. The minimum atomic E-state index is -2.93. The molecular weight excluding hydrogens is 473 g/mol. The fraction of sp³-hybridized carbons (Fsp3) is 0.192. The third kappa shape index (κ3) is 3.05. The average Bonchev–Trinajstić information content (AvgIpc) is 2.82. The fourth-order valence-corrected chi connectivity index (χ4v) is 5.43. The van der Waals surface area contributed by atoms with Gasteiger partial charge in [0.15, 0.2) is 11.4 Å². The number of hydrogen-bond donors (Lipinski definition) is 6. The number of fused-ring (bicyclic) bond motifs is 3. The van der Waals surface area contributed by atoms with E-state index in [9.17, 15) is 44.3 Å². The van der Waals surface area contributed by atoms with E-state index in [1.807, 2.05) is 0 Å². The summed E-state index contributed by atoms with van der Waals surface area (Å²) in [5.41, 5.74) is 1.53. The molecule has 0 spiro atoms. The van der Waals surface area contributed by atoms with Crippen molar-refractivity contribution in [3.63, 3.8) is 0 Å². The molecule has 0 aromatic heterocycles. The molecule has 0 radical (unpaired) electrons. The highest BCUT2D eigenvalue weighted by Gasteiger charge is 2.64. The van der Waals surface area contributed by atoms with Crippen LogP contribution in [0.5, 0.6) is 5.75 Å². The molecule has 1 amide bonds. The van der Waals surface area contributed by atoms with Gasteiger partial charge in [0, 0.05) is 18.3 Å². The second-order valence-corrected chi connectivity index (χ2v) is 9.00. The van der Waals surface area contributed by atoms with Crippen molar-refractivity contribution in [3.05, 3.63) is 81.9 Å². The maximum Gasteiger partial charge on any atom is 0.255 e. The van der Waals surface area contributed by atoms with Gasteiger partial charge in [0.2, 0.25) is 5.78 Å². The first-order chi connectivity index (χ1) is 17.0. The zero-order valence-corrected chi connectivity index (χ0v) is 18.5. The summed E-state index contributed by atoms with van der Waals surface area (Å²) in [6.45, 7) is 0. The van der Waals surface area contributed by atoms with E-state index in [2.05, 4.69) is 0 Å². The van der Waals surface area contributed by atoms with E-state index in [0.717, 1.165) is 0 Å². The molecule has 0 bridgehead atoms. The molecule has 10 heteroatoms. The first-order valence-electron chi connectivity index (χ1n) is 10.9. The summed E-state index contributed by atoms with van der Waals surface area (Å²) in [5.74, 6) is -9.43. The van der Waals surface area contributed by atoms with Crippen LogP contribution in [0.3, 0.4) is 0 Å². The Kier molecular flexibility index (Phi) is 5.13. The van der Waals surface area contributed by atoms with Crippen LogP contribution in [0.1, 0.15) is 23.1 Å². The van der Waals surface area contributed by atoms with Gasteiger partial charge in [-0.1, -0.05) is 30.3 Å². The Morgan fingerprint density at radius 3 is 2.39 bits per heavy atom. The molecule has 0 aliphatic heterocycles. The summed E-state index contributed by atoms with van der Waals surface area (Å²) >= 11 is 0. The number of aromatic hydroxyl groups is 1. The summed E-state index contributed by atoms with van der Waals surface area (Å²) in [4.78, 5) is 38.1. The number of amides is 1. The Bertz CT molecular complexity index is 1450. The second kappa shape index (κ2) is 7.87. The van der Waals surface area contributed by atoms with E-state index < -0.39 is 81.7 Å². The number of Topliss-reactive ketones (excluding diaryl/α,β-unsaturated/α-hetero) is 2. The predicted molar refractivity (Wildman–Crippen MR) is 123 cm³/mol. The lowest BCUT2D eigenvalue weighted by atomic mass is 9.56. The van der Waals surface area contributed by atoms with Gasteiger partial charge in [-0.3, -0.25) is 14.4 Å². The monoisotopic (exact) mass is 493 g/mol. The molecule has 0 unspecified atom stereocenters. The Morgan fingerprint density at radius 1 is 1.08 bits per heavy atom. The number of ketones is 2. The molecule has 1 saturated carbocycles. The number of nitrogens with two attached hydrogens (primary N) is 1.